The highest BCUT2D eigenvalue weighted by atomic mass is 16.5. The van der Waals surface area contributed by atoms with Gasteiger partial charge in [0.2, 0.25) is 0 Å². The van der Waals surface area contributed by atoms with Crippen molar-refractivity contribution in [2.24, 2.45) is 0 Å². The molecule has 20 heavy (non-hydrogen) atoms. The lowest BCUT2D eigenvalue weighted by atomic mass is 10.1. The smallest absolute Gasteiger partial charge is 0.337 e. The fourth-order valence-corrected chi connectivity index (χ4v) is 0.978. The summed E-state index contributed by atoms with van der Waals surface area (Å²) in [5, 5.41) is 15.2. The molecule has 0 bridgehead atoms. The van der Waals surface area contributed by atoms with Crippen molar-refractivity contribution in [1.29, 1.82) is 0 Å². The molecule has 2 N–H and O–H groups in total. The highest BCUT2D eigenvalue weighted by Gasteiger charge is 2.08. The van der Waals surface area contributed by atoms with Gasteiger partial charge < -0.3 is 19.7 Å². The van der Waals surface area contributed by atoms with Gasteiger partial charge in [-0.2, -0.15) is 0 Å². The molecule has 0 spiro atoms. The molecule has 6 heteroatoms. The van der Waals surface area contributed by atoms with Crippen molar-refractivity contribution in [3.8, 4) is 0 Å². The predicted molar refractivity (Wildman–Crippen MR) is 74.5 cm³/mol. The first-order valence-electron chi connectivity index (χ1n) is 5.59. The van der Waals surface area contributed by atoms with Gasteiger partial charge in [0.1, 0.15) is 0 Å². The van der Waals surface area contributed by atoms with Gasteiger partial charge in [0.25, 0.3) is 0 Å². The van der Waals surface area contributed by atoms with E-state index in [0.717, 1.165) is 0 Å². The summed E-state index contributed by atoms with van der Waals surface area (Å²) in [7, 11) is 2.60. The molecule has 0 aromatic heterocycles. The second-order valence-corrected chi connectivity index (χ2v) is 3.01. The van der Waals surface area contributed by atoms with Crippen LogP contribution in [0.25, 0.3) is 0 Å². The Labute approximate surface area is 118 Å². The second kappa shape index (κ2) is 13.3. The number of methoxy groups -OCH3 is 2. The number of carbonyl (C=O) groups excluding carboxylic acids is 2. The summed E-state index contributed by atoms with van der Waals surface area (Å²) in [5.41, 5.74) is 0.806. The van der Waals surface area contributed by atoms with E-state index in [1.165, 1.54) is 38.5 Å². The molecule has 1 aromatic rings. The minimum Gasteiger partial charge on any atom is -0.465 e. The summed E-state index contributed by atoms with van der Waals surface area (Å²) in [6.45, 7) is 5.75. The van der Waals surface area contributed by atoms with Gasteiger partial charge >= 0.3 is 11.9 Å². The van der Waals surface area contributed by atoms with Crippen LogP contribution < -0.4 is 0 Å². The number of esters is 2. The third-order valence-corrected chi connectivity index (χ3v) is 1.83. The quantitative estimate of drug-likeness (QED) is 0.636. The summed E-state index contributed by atoms with van der Waals surface area (Å²) < 4.78 is 9.02. The van der Waals surface area contributed by atoms with E-state index in [1.807, 2.05) is 0 Å². The molecule has 0 amide bonds. The lowest BCUT2D eigenvalue weighted by Gasteiger charge is -2.00. The summed E-state index contributed by atoms with van der Waals surface area (Å²) in [4.78, 5) is 22.1. The van der Waals surface area contributed by atoms with Crippen molar-refractivity contribution in [3.63, 3.8) is 0 Å². The van der Waals surface area contributed by atoms with E-state index in [0.29, 0.717) is 11.1 Å². The zero-order chi connectivity index (χ0) is 16.0. The molecule has 0 aliphatic heterocycles. The van der Waals surface area contributed by atoms with E-state index in [2.05, 4.69) is 22.6 Å². The average molecular weight is 284 g/mol. The zero-order valence-corrected chi connectivity index (χ0v) is 11.7. The van der Waals surface area contributed by atoms with Gasteiger partial charge in [-0.15, -0.1) is 13.2 Å². The summed E-state index contributed by atoms with van der Waals surface area (Å²) in [6.07, 6.45) is 0. The number of hydrogen-bond donors (Lipinski definition) is 2. The standard InChI is InChI=1S/C10H10O4.C2H6O2.C2H4/c1-13-9(11)7-3-5-8(6-4-7)10(12)14-2;3-1-2-4;1-2/h3-6H,1-2H3;3-4H,1-2H2;1-2H2. The second-order valence-electron chi connectivity index (χ2n) is 3.01. The Morgan fingerprint density at radius 3 is 1.30 bits per heavy atom. The van der Waals surface area contributed by atoms with E-state index in [1.54, 1.807) is 0 Å². The molecule has 0 atom stereocenters. The molecular formula is C14H20O6. The number of aliphatic hydroxyl groups is 2. The Hall–Kier alpha value is -2.18. The number of ether oxygens (including phenoxy) is 2. The van der Waals surface area contributed by atoms with E-state index in [-0.39, 0.29) is 13.2 Å². The van der Waals surface area contributed by atoms with Crippen LogP contribution in [0.4, 0.5) is 0 Å². The van der Waals surface area contributed by atoms with Gasteiger partial charge in [-0.1, -0.05) is 0 Å². The Kier molecular flexibility index (Phi) is 13.4. The minimum atomic E-state index is -0.429. The van der Waals surface area contributed by atoms with E-state index in [9.17, 15) is 9.59 Å². The van der Waals surface area contributed by atoms with Crippen LogP contribution in [0, 0.1) is 0 Å². The van der Waals surface area contributed by atoms with Crippen molar-refractivity contribution < 1.29 is 29.3 Å². The van der Waals surface area contributed by atoms with Crippen molar-refractivity contribution in [3.05, 3.63) is 48.6 Å². The third kappa shape index (κ3) is 8.02. The molecule has 0 saturated carbocycles. The molecule has 0 saturated heterocycles. The first-order valence-corrected chi connectivity index (χ1v) is 5.59. The van der Waals surface area contributed by atoms with Crippen molar-refractivity contribution in [2.75, 3.05) is 27.4 Å². The van der Waals surface area contributed by atoms with Crippen LogP contribution in [0.15, 0.2) is 37.4 Å². The Bertz CT molecular complexity index is 348. The average Bonchev–Trinajstić information content (AvgIpc) is 2.55. The SMILES string of the molecule is C=C.COC(=O)c1ccc(C(=O)OC)cc1.OCCO. The van der Waals surface area contributed by atoms with Crippen LogP contribution in [0.5, 0.6) is 0 Å². The van der Waals surface area contributed by atoms with Gasteiger partial charge in [-0.05, 0) is 24.3 Å². The lowest BCUT2D eigenvalue weighted by molar-refractivity contribution is 0.0586. The highest BCUT2D eigenvalue weighted by Crippen LogP contribution is 2.06. The van der Waals surface area contributed by atoms with Gasteiger partial charge in [0.15, 0.2) is 0 Å². The maximum atomic E-state index is 11.0. The highest BCUT2D eigenvalue weighted by molar-refractivity contribution is 5.93. The lowest BCUT2D eigenvalue weighted by Crippen LogP contribution is -2.04. The fourth-order valence-electron chi connectivity index (χ4n) is 0.978. The summed E-state index contributed by atoms with van der Waals surface area (Å²) in [6, 6.07) is 6.05. The molecule has 0 aliphatic rings. The topological polar surface area (TPSA) is 93.1 Å². The molecule has 0 heterocycles. The van der Waals surface area contributed by atoms with Crippen molar-refractivity contribution in [2.45, 2.75) is 0 Å². The molecule has 0 aliphatic carbocycles. The van der Waals surface area contributed by atoms with Crippen LogP contribution in [-0.2, 0) is 9.47 Å². The number of aliphatic hydroxyl groups excluding tert-OH is 2. The molecule has 112 valence electrons. The van der Waals surface area contributed by atoms with Crippen LogP contribution in [0.1, 0.15) is 20.7 Å². The van der Waals surface area contributed by atoms with Crippen molar-refractivity contribution in [1.82, 2.24) is 0 Å². The largest absolute Gasteiger partial charge is 0.465 e. The van der Waals surface area contributed by atoms with Crippen LogP contribution >= 0.6 is 0 Å². The van der Waals surface area contributed by atoms with E-state index < -0.39 is 11.9 Å². The number of rotatable bonds is 3. The molecule has 1 aromatic carbocycles. The molecule has 1 rings (SSSR count). The van der Waals surface area contributed by atoms with Gasteiger partial charge in [0.05, 0.1) is 38.6 Å². The fraction of sp³-hybridized carbons (Fsp3) is 0.286. The third-order valence-electron chi connectivity index (χ3n) is 1.83. The molecule has 0 fully saturated rings. The first-order chi connectivity index (χ1) is 9.60. The van der Waals surface area contributed by atoms with Crippen LogP contribution in [-0.4, -0.2) is 49.6 Å². The summed E-state index contributed by atoms with van der Waals surface area (Å²) in [5.74, 6) is -0.858. The molecular weight excluding hydrogens is 264 g/mol. The number of benzene rings is 1. The summed E-state index contributed by atoms with van der Waals surface area (Å²) >= 11 is 0. The van der Waals surface area contributed by atoms with Gasteiger partial charge in [0, 0.05) is 0 Å². The Morgan fingerprint density at radius 1 is 0.900 bits per heavy atom. The Balaban J connectivity index is 0. The van der Waals surface area contributed by atoms with Gasteiger partial charge in [-0.25, -0.2) is 9.59 Å². The number of carbonyl (C=O) groups is 2. The molecule has 6 nitrogen and oxygen atoms in total. The molecule has 0 unspecified atom stereocenters. The number of hydrogen-bond acceptors (Lipinski definition) is 6. The van der Waals surface area contributed by atoms with E-state index in [4.69, 9.17) is 10.2 Å². The van der Waals surface area contributed by atoms with E-state index >= 15 is 0 Å². The maximum Gasteiger partial charge on any atom is 0.337 e. The Morgan fingerprint density at radius 2 is 1.15 bits per heavy atom. The predicted octanol–water partition coefficient (Wildman–Crippen LogP) is 1.03. The monoisotopic (exact) mass is 284 g/mol. The van der Waals surface area contributed by atoms with Crippen LogP contribution in [0.3, 0.4) is 0 Å². The van der Waals surface area contributed by atoms with Gasteiger partial charge in [-0.3, -0.25) is 0 Å². The zero-order valence-electron chi connectivity index (χ0n) is 11.7. The van der Waals surface area contributed by atoms with Crippen molar-refractivity contribution >= 4 is 11.9 Å². The normalized spacial score (nSPS) is 8.20. The maximum absolute atomic E-state index is 11.0. The first kappa shape index (κ1) is 20.1. The molecule has 0 radical (unpaired) electrons. The minimum absolute atomic E-state index is 0.125. The van der Waals surface area contributed by atoms with Crippen LogP contribution in [0.2, 0.25) is 0 Å².